The number of aromatic nitrogens is 1. The van der Waals surface area contributed by atoms with Crippen LogP contribution in [0.5, 0.6) is 5.75 Å². The molecule has 1 unspecified atom stereocenters. The number of halogens is 1. The van der Waals surface area contributed by atoms with Crippen LogP contribution in [0, 0.1) is 0 Å². The van der Waals surface area contributed by atoms with E-state index in [0.717, 1.165) is 10.0 Å². The van der Waals surface area contributed by atoms with E-state index in [1.54, 1.807) is 48.8 Å². The summed E-state index contributed by atoms with van der Waals surface area (Å²) in [6, 6.07) is 16.9. The third-order valence-electron chi connectivity index (χ3n) is 5.28. The van der Waals surface area contributed by atoms with Gasteiger partial charge in [-0.05, 0) is 53.6 Å². The number of hydrogen-bond donors (Lipinski definition) is 1. The second kappa shape index (κ2) is 9.83. The quantitative estimate of drug-likeness (QED) is 0.211. The van der Waals surface area contributed by atoms with E-state index in [1.807, 2.05) is 30.3 Å². The van der Waals surface area contributed by atoms with Crippen molar-refractivity contribution in [2.75, 3.05) is 6.61 Å². The van der Waals surface area contributed by atoms with Crippen molar-refractivity contribution in [2.45, 2.75) is 12.6 Å². The first-order valence-corrected chi connectivity index (χ1v) is 11.1. The molecule has 2 aromatic carbocycles. The van der Waals surface area contributed by atoms with Crippen molar-refractivity contribution >= 4 is 33.4 Å². The Morgan fingerprint density at radius 3 is 2.61 bits per heavy atom. The maximum atomic E-state index is 13.1. The zero-order valence-corrected chi connectivity index (χ0v) is 19.2. The first-order valence-electron chi connectivity index (χ1n) is 10.3. The number of hydrogen-bond acceptors (Lipinski definition) is 5. The standard InChI is InChI=1S/C26H21BrN2O4/c1-2-13-33-21-10-8-18(9-11-21)24(30)22-23(19-6-3-7-20(27)14-19)29(26(32)25(22)31)16-17-5-4-12-28-15-17/h2-12,14-15,23,30H,1,13,16H2/b24-22-. The molecule has 1 aliphatic heterocycles. The van der Waals surface area contributed by atoms with Gasteiger partial charge in [-0.3, -0.25) is 14.6 Å². The van der Waals surface area contributed by atoms with Crippen molar-refractivity contribution in [3.63, 3.8) is 0 Å². The number of rotatable bonds is 7. The third-order valence-corrected chi connectivity index (χ3v) is 5.77. The molecule has 6 nitrogen and oxygen atoms in total. The van der Waals surface area contributed by atoms with Crippen molar-refractivity contribution in [1.82, 2.24) is 9.88 Å². The molecule has 3 aromatic rings. The number of carbonyl (C=O) groups excluding carboxylic acids is 2. The van der Waals surface area contributed by atoms with E-state index in [0.29, 0.717) is 23.5 Å². The number of pyridine rings is 1. The summed E-state index contributed by atoms with van der Waals surface area (Å²) >= 11 is 3.46. The van der Waals surface area contributed by atoms with Crippen LogP contribution in [0.3, 0.4) is 0 Å². The molecule has 2 heterocycles. The molecular weight excluding hydrogens is 484 g/mol. The molecule has 33 heavy (non-hydrogen) atoms. The van der Waals surface area contributed by atoms with Gasteiger partial charge in [-0.2, -0.15) is 0 Å². The fourth-order valence-electron chi connectivity index (χ4n) is 3.77. The number of carbonyl (C=O) groups is 2. The minimum Gasteiger partial charge on any atom is -0.507 e. The van der Waals surface area contributed by atoms with E-state index in [9.17, 15) is 14.7 Å². The molecule has 0 radical (unpaired) electrons. The van der Waals surface area contributed by atoms with E-state index < -0.39 is 17.7 Å². The Morgan fingerprint density at radius 2 is 1.94 bits per heavy atom. The number of Topliss-reactive ketones (excluding diaryl/α,β-unsaturated/α-hetero) is 1. The van der Waals surface area contributed by atoms with E-state index in [2.05, 4.69) is 27.5 Å². The van der Waals surface area contributed by atoms with Gasteiger partial charge in [0.15, 0.2) is 0 Å². The Labute approximate surface area is 200 Å². The lowest BCUT2D eigenvalue weighted by molar-refractivity contribution is -0.140. The molecule has 1 atom stereocenters. The van der Waals surface area contributed by atoms with Crippen LogP contribution in [0.1, 0.15) is 22.7 Å². The Bertz CT molecular complexity index is 1220. The highest BCUT2D eigenvalue weighted by atomic mass is 79.9. The van der Waals surface area contributed by atoms with Gasteiger partial charge >= 0.3 is 0 Å². The molecular formula is C26H21BrN2O4. The fraction of sp³-hybridized carbons (Fsp3) is 0.115. The highest BCUT2D eigenvalue weighted by Crippen LogP contribution is 2.41. The van der Waals surface area contributed by atoms with E-state index in [4.69, 9.17) is 4.74 Å². The van der Waals surface area contributed by atoms with Crippen LogP contribution in [0.25, 0.3) is 5.76 Å². The molecule has 1 aromatic heterocycles. The monoisotopic (exact) mass is 504 g/mol. The van der Waals surface area contributed by atoms with Gasteiger partial charge in [0.2, 0.25) is 0 Å². The summed E-state index contributed by atoms with van der Waals surface area (Å²) in [6.45, 7) is 4.15. The maximum Gasteiger partial charge on any atom is 0.295 e. The lowest BCUT2D eigenvalue weighted by Gasteiger charge is -2.25. The number of nitrogens with zero attached hydrogens (tertiary/aromatic N) is 2. The summed E-state index contributed by atoms with van der Waals surface area (Å²) in [6.07, 6.45) is 4.93. The first kappa shape index (κ1) is 22.5. The van der Waals surface area contributed by atoms with Crippen molar-refractivity contribution < 1.29 is 19.4 Å². The van der Waals surface area contributed by atoms with Crippen LogP contribution in [0.4, 0.5) is 0 Å². The molecule has 0 bridgehead atoms. The average Bonchev–Trinajstić information content (AvgIpc) is 3.08. The molecule has 4 rings (SSSR count). The van der Waals surface area contributed by atoms with Gasteiger partial charge in [-0.25, -0.2) is 0 Å². The summed E-state index contributed by atoms with van der Waals surface area (Å²) in [5.74, 6) is -1.03. The summed E-state index contributed by atoms with van der Waals surface area (Å²) < 4.78 is 6.29. The Morgan fingerprint density at radius 1 is 1.15 bits per heavy atom. The zero-order chi connectivity index (χ0) is 23.4. The Kier molecular flexibility index (Phi) is 6.70. The molecule has 1 amide bonds. The molecule has 1 aliphatic rings. The Hall–Kier alpha value is -3.71. The third kappa shape index (κ3) is 4.73. The molecule has 0 spiro atoms. The largest absolute Gasteiger partial charge is 0.507 e. The zero-order valence-electron chi connectivity index (χ0n) is 17.6. The second-order valence-corrected chi connectivity index (χ2v) is 8.38. The molecule has 1 saturated heterocycles. The maximum absolute atomic E-state index is 13.1. The van der Waals surface area contributed by atoms with Gasteiger partial charge in [0.25, 0.3) is 11.7 Å². The molecule has 166 valence electrons. The number of aliphatic hydroxyl groups is 1. The topological polar surface area (TPSA) is 79.7 Å². The van der Waals surface area contributed by atoms with Gasteiger partial charge < -0.3 is 14.7 Å². The Balaban J connectivity index is 1.79. The van der Waals surface area contributed by atoms with Crippen LogP contribution >= 0.6 is 15.9 Å². The minimum atomic E-state index is -0.751. The van der Waals surface area contributed by atoms with Crippen LogP contribution < -0.4 is 4.74 Å². The lowest BCUT2D eigenvalue weighted by atomic mass is 9.95. The summed E-state index contributed by atoms with van der Waals surface area (Å²) in [7, 11) is 0. The number of ether oxygens (including phenoxy) is 1. The van der Waals surface area contributed by atoms with Gasteiger partial charge in [-0.15, -0.1) is 0 Å². The molecule has 0 saturated carbocycles. The number of aliphatic hydroxyl groups excluding tert-OH is 1. The summed E-state index contributed by atoms with van der Waals surface area (Å²) in [5.41, 5.74) is 1.95. The predicted molar refractivity (Wildman–Crippen MR) is 128 cm³/mol. The van der Waals surface area contributed by atoms with Crippen LogP contribution in [0.15, 0.2) is 95.8 Å². The van der Waals surface area contributed by atoms with Crippen LogP contribution in [0.2, 0.25) is 0 Å². The number of ketones is 1. The molecule has 7 heteroatoms. The highest BCUT2D eigenvalue weighted by molar-refractivity contribution is 9.10. The van der Waals surface area contributed by atoms with Crippen molar-refractivity contribution in [3.05, 3.63) is 112 Å². The average molecular weight is 505 g/mol. The molecule has 1 N–H and O–H groups in total. The van der Waals surface area contributed by atoms with Gasteiger partial charge in [0.05, 0.1) is 11.6 Å². The highest BCUT2D eigenvalue weighted by Gasteiger charge is 2.46. The number of amides is 1. The van der Waals surface area contributed by atoms with Crippen LogP contribution in [-0.4, -0.2) is 33.3 Å². The summed E-state index contributed by atoms with van der Waals surface area (Å²) in [5, 5.41) is 11.2. The van der Waals surface area contributed by atoms with E-state index in [1.165, 1.54) is 4.90 Å². The predicted octanol–water partition coefficient (Wildman–Crippen LogP) is 5.03. The van der Waals surface area contributed by atoms with E-state index >= 15 is 0 Å². The number of likely N-dealkylation sites (tertiary alicyclic amines) is 1. The van der Waals surface area contributed by atoms with Gasteiger partial charge in [0, 0.05) is 29.0 Å². The summed E-state index contributed by atoms with van der Waals surface area (Å²) in [4.78, 5) is 31.8. The van der Waals surface area contributed by atoms with Gasteiger partial charge in [0.1, 0.15) is 18.1 Å². The van der Waals surface area contributed by atoms with Crippen LogP contribution in [-0.2, 0) is 16.1 Å². The van der Waals surface area contributed by atoms with Gasteiger partial charge in [-0.1, -0.05) is 46.8 Å². The number of benzene rings is 2. The molecule has 0 aliphatic carbocycles. The normalized spacial score (nSPS) is 17.2. The first-order chi connectivity index (χ1) is 16.0. The smallest absolute Gasteiger partial charge is 0.295 e. The fourth-order valence-corrected chi connectivity index (χ4v) is 4.19. The SMILES string of the molecule is C=CCOc1ccc(/C(O)=C2/C(=O)C(=O)N(Cc3cccnc3)C2c2cccc(Br)c2)cc1. The minimum absolute atomic E-state index is 0.0433. The van der Waals surface area contributed by atoms with E-state index in [-0.39, 0.29) is 17.9 Å². The lowest BCUT2D eigenvalue weighted by Crippen LogP contribution is -2.29. The van der Waals surface area contributed by atoms with Crippen molar-refractivity contribution in [3.8, 4) is 5.75 Å². The molecule has 1 fully saturated rings. The van der Waals surface area contributed by atoms with Crippen molar-refractivity contribution in [2.24, 2.45) is 0 Å². The van der Waals surface area contributed by atoms with Crippen molar-refractivity contribution in [1.29, 1.82) is 0 Å². The second-order valence-electron chi connectivity index (χ2n) is 7.47.